The molecule has 0 saturated heterocycles. The number of hydrogen-bond acceptors (Lipinski definition) is 3. The van der Waals surface area contributed by atoms with E-state index in [1.807, 2.05) is 14.0 Å². The molecule has 74 valence electrons. The molecule has 1 aromatic rings. The Morgan fingerprint density at radius 1 is 1.62 bits per heavy atom. The minimum absolute atomic E-state index is 0.191. The molecule has 2 nitrogen and oxygen atoms in total. The summed E-state index contributed by atoms with van der Waals surface area (Å²) < 4.78 is 0. The van der Waals surface area contributed by atoms with Crippen LogP contribution in [0.5, 0.6) is 0 Å². The first-order valence-corrected chi connectivity index (χ1v) is 5.54. The highest BCUT2D eigenvalue weighted by Gasteiger charge is 2.06. The third-order valence-electron chi connectivity index (χ3n) is 2.03. The van der Waals surface area contributed by atoms with E-state index < -0.39 is 0 Å². The van der Waals surface area contributed by atoms with Crippen molar-refractivity contribution in [1.82, 2.24) is 4.90 Å². The zero-order valence-corrected chi connectivity index (χ0v) is 9.05. The van der Waals surface area contributed by atoms with Crippen molar-refractivity contribution in [3.8, 4) is 0 Å². The lowest BCUT2D eigenvalue weighted by molar-refractivity contribution is 0.119. The number of hydrogen-bond donors (Lipinski definition) is 1. The maximum atomic E-state index is 9.42. The number of likely N-dealkylation sites (N-methyl/N-ethyl adjacent to an activating group) is 1. The van der Waals surface area contributed by atoms with Crippen LogP contribution < -0.4 is 0 Å². The van der Waals surface area contributed by atoms with Crippen molar-refractivity contribution in [2.75, 3.05) is 13.6 Å². The van der Waals surface area contributed by atoms with Gasteiger partial charge in [-0.05, 0) is 35.9 Å². The molecule has 0 radical (unpaired) electrons. The molecule has 0 fully saturated rings. The van der Waals surface area contributed by atoms with Crippen molar-refractivity contribution >= 4 is 11.3 Å². The average molecular weight is 199 g/mol. The molecule has 1 rings (SSSR count). The molecule has 0 amide bonds. The lowest BCUT2D eigenvalue weighted by Gasteiger charge is -2.18. The smallest absolute Gasteiger partial charge is 0.0664 e. The fraction of sp³-hybridized carbons (Fsp3) is 0.600. The molecule has 0 spiro atoms. The molecule has 0 bridgehead atoms. The highest BCUT2D eigenvalue weighted by Crippen LogP contribution is 2.08. The monoisotopic (exact) mass is 199 g/mol. The van der Waals surface area contributed by atoms with Crippen molar-refractivity contribution < 1.29 is 5.11 Å². The van der Waals surface area contributed by atoms with Gasteiger partial charge in [0.1, 0.15) is 0 Å². The van der Waals surface area contributed by atoms with Gasteiger partial charge >= 0.3 is 0 Å². The van der Waals surface area contributed by atoms with Crippen LogP contribution in [0.15, 0.2) is 16.8 Å². The van der Waals surface area contributed by atoms with Crippen LogP contribution in [0.2, 0.25) is 0 Å². The van der Waals surface area contributed by atoms with Crippen molar-refractivity contribution in [2.24, 2.45) is 0 Å². The Bertz CT molecular complexity index is 223. The van der Waals surface area contributed by atoms with Gasteiger partial charge in [-0.3, -0.25) is 4.90 Å². The molecule has 13 heavy (non-hydrogen) atoms. The van der Waals surface area contributed by atoms with Crippen molar-refractivity contribution in [3.05, 3.63) is 22.4 Å². The highest BCUT2D eigenvalue weighted by molar-refractivity contribution is 7.07. The molecule has 3 heteroatoms. The molecule has 1 aromatic heterocycles. The van der Waals surface area contributed by atoms with Gasteiger partial charge in [0.15, 0.2) is 0 Å². The Morgan fingerprint density at radius 3 is 2.92 bits per heavy atom. The molecule has 1 heterocycles. The van der Waals surface area contributed by atoms with Crippen LogP contribution in [0.3, 0.4) is 0 Å². The number of nitrogens with zero attached hydrogens (tertiary/aromatic N) is 1. The Balaban J connectivity index is 2.29. The number of aliphatic hydroxyl groups excluding tert-OH is 1. The van der Waals surface area contributed by atoms with E-state index in [1.54, 1.807) is 11.3 Å². The molecule has 1 unspecified atom stereocenters. The summed E-state index contributed by atoms with van der Waals surface area (Å²) in [6, 6.07) is 2.12. The van der Waals surface area contributed by atoms with Crippen LogP contribution in [-0.2, 0) is 6.54 Å². The fourth-order valence-corrected chi connectivity index (χ4v) is 1.91. The predicted molar refractivity (Wildman–Crippen MR) is 57.0 cm³/mol. The van der Waals surface area contributed by atoms with Gasteiger partial charge < -0.3 is 5.11 Å². The summed E-state index contributed by atoms with van der Waals surface area (Å²) in [5, 5.41) is 13.6. The zero-order chi connectivity index (χ0) is 9.68. The molecule has 0 aromatic carbocycles. The molecule has 0 aliphatic rings. The van der Waals surface area contributed by atoms with Crippen LogP contribution >= 0.6 is 11.3 Å². The van der Waals surface area contributed by atoms with E-state index in [0.717, 1.165) is 19.5 Å². The Morgan fingerprint density at radius 2 is 2.38 bits per heavy atom. The summed E-state index contributed by atoms with van der Waals surface area (Å²) in [4.78, 5) is 2.15. The van der Waals surface area contributed by atoms with Crippen LogP contribution in [-0.4, -0.2) is 29.7 Å². The first-order chi connectivity index (χ1) is 6.22. The molecular formula is C10H17NOS. The minimum Gasteiger partial charge on any atom is -0.392 e. The normalized spacial score (nSPS) is 13.5. The van der Waals surface area contributed by atoms with E-state index in [9.17, 15) is 5.11 Å². The number of thiophene rings is 1. The molecule has 0 saturated carbocycles. The first kappa shape index (κ1) is 10.7. The van der Waals surface area contributed by atoms with E-state index in [4.69, 9.17) is 0 Å². The molecule has 1 N–H and O–H groups in total. The second-order valence-corrected chi connectivity index (χ2v) is 4.17. The molecule has 0 aliphatic heterocycles. The SMILES string of the molecule is CCC(O)CN(C)Cc1ccsc1. The van der Waals surface area contributed by atoms with E-state index in [2.05, 4.69) is 21.7 Å². The van der Waals surface area contributed by atoms with Crippen LogP contribution in [0.4, 0.5) is 0 Å². The van der Waals surface area contributed by atoms with Gasteiger partial charge in [0.05, 0.1) is 6.10 Å². The molecular weight excluding hydrogens is 182 g/mol. The summed E-state index contributed by atoms with van der Waals surface area (Å²) in [5.41, 5.74) is 1.33. The second-order valence-electron chi connectivity index (χ2n) is 3.39. The summed E-state index contributed by atoms with van der Waals surface area (Å²) in [6.45, 7) is 3.69. The van der Waals surface area contributed by atoms with Gasteiger partial charge in [-0.2, -0.15) is 11.3 Å². The fourth-order valence-electron chi connectivity index (χ4n) is 1.25. The zero-order valence-electron chi connectivity index (χ0n) is 8.23. The van der Waals surface area contributed by atoms with Gasteiger partial charge in [-0.25, -0.2) is 0 Å². The topological polar surface area (TPSA) is 23.5 Å². The van der Waals surface area contributed by atoms with E-state index in [1.165, 1.54) is 5.56 Å². The summed E-state index contributed by atoms with van der Waals surface area (Å²) in [7, 11) is 2.04. The molecule has 0 aliphatic carbocycles. The highest BCUT2D eigenvalue weighted by atomic mass is 32.1. The van der Waals surface area contributed by atoms with Crippen LogP contribution in [0.1, 0.15) is 18.9 Å². The van der Waals surface area contributed by atoms with Crippen LogP contribution in [0.25, 0.3) is 0 Å². The largest absolute Gasteiger partial charge is 0.392 e. The van der Waals surface area contributed by atoms with Crippen molar-refractivity contribution in [1.29, 1.82) is 0 Å². The lowest BCUT2D eigenvalue weighted by Crippen LogP contribution is -2.28. The average Bonchev–Trinajstić information content (AvgIpc) is 2.56. The number of aliphatic hydroxyl groups is 1. The summed E-state index contributed by atoms with van der Waals surface area (Å²) in [6.07, 6.45) is 0.636. The van der Waals surface area contributed by atoms with Crippen LogP contribution in [0, 0.1) is 0 Å². The third-order valence-corrected chi connectivity index (χ3v) is 2.76. The molecule has 1 atom stereocenters. The maximum absolute atomic E-state index is 9.42. The van der Waals surface area contributed by atoms with Gasteiger partial charge in [-0.15, -0.1) is 0 Å². The van der Waals surface area contributed by atoms with Gasteiger partial charge in [-0.1, -0.05) is 6.92 Å². The second kappa shape index (κ2) is 5.37. The Kier molecular flexibility index (Phi) is 4.42. The standard InChI is InChI=1S/C10H17NOS/c1-3-10(12)7-11(2)6-9-4-5-13-8-9/h4-5,8,10,12H,3,6-7H2,1-2H3. The van der Waals surface area contributed by atoms with Crippen molar-refractivity contribution in [2.45, 2.75) is 26.0 Å². The Labute approximate surface area is 83.8 Å². The third kappa shape index (κ3) is 3.89. The van der Waals surface area contributed by atoms with E-state index in [-0.39, 0.29) is 6.10 Å². The van der Waals surface area contributed by atoms with Crippen molar-refractivity contribution in [3.63, 3.8) is 0 Å². The van der Waals surface area contributed by atoms with Gasteiger partial charge in [0.2, 0.25) is 0 Å². The first-order valence-electron chi connectivity index (χ1n) is 4.60. The van der Waals surface area contributed by atoms with Gasteiger partial charge in [0.25, 0.3) is 0 Å². The van der Waals surface area contributed by atoms with Gasteiger partial charge in [0, 0.05) is 13.1 Å². The number of rotatable bonds is 5. The quantitative estimate of drug-likeness (QED) is 0.783. The summed E-state index contributed by atoms with van der Waals surface area (Å²) >= 11 is 1.72. The van der Waals surface area contributed by atoms with E-state index >= 15 is 0 Å². The lowest BCUT2D eigenvalue weighted by atomic mass is 10.2. The summed E-state index contributed by atoms with van der Waals surface area (Å²) in [5.74, 6) is 0. The predicted octanol–water partition coefficient (Wildman–Crippen LogP) is 1.95. The maximum Gasteiger partial charge on any atom is 0.0664 e. The van der Waals surface area contributed by atoms with E-state index in [0.29, 0.717) is 0 Å². The minimum atomic E-state index is -0.191. The Hall–Kier alpha value is -0.380.